The first kappa shape index (κ1) is 18.7. The van der Waals surface area contributed by atoms with Crippen molar-refractivity contribution < 1.29 is 13.6 Å². The lowest BCUT2D eigenvalue weighted by Gasteiger charge is -2.07. The van der Waals surface area contributed by atoms with Gasteiger partial charge in [-0.2, -0.15) is 10.2 Å². The lowest BCUT2D eigenvalue weighted by atomic mass is 10.2. The zero-order valence-electron chi connectivity index (χ0n) is 16.1. The van der Waals surface area contributed by atoms with E-state index in [-0.39, 0.29) is 17.5 Å². The van der Waals surface area contributed by atoms with Gasteiger partial charge in [0, 0.05) is 12.4 Å². The molecule has 4 rings (SSSR count). The topological polar surface area (TPSA) is 77.9 Å². The Kier molecular flexibility index (Phi) is 4.99. The van der Waals surface area contributed by atoms with Gasteiger partial charge in [0.2, 0.25) is 0 Å². The highest BCUT2D eigenvalue weighted by atomic mass is 19.1. The summed E-state index contributed by atoms with van der Waals surface area (Å²) >= 11 is 0. The molecular formula is C21H20FN5O2. The Morgan fingerprint density at radius 2 is 2.03 bits per heavy atom. The van der Waals surface area contributed by atoms with Crippen LogP contribution in [-0.2, 0) is 13.1 Å². The van der Waals surface area contributed by atoms with E-state index in [4.69, 9.17) is 4.42 Å². The number of benzene rings is 1. The standard InChI is InChI=1S/C21H20FN5O2/c1-14-20(15(2)27(25-14)12-16-5-3-6-17(22)11-16)24-21(28)19-8-7-18(29-19)13-26-10-4-9-23-26/h3-11H,12-13H2,1-2H3,(H,24,28). The van der Waals surface area contributed by atoms with Crippen LogP contribution in [0.5, 0.6) is 0 Å². The van der Waals surface area contributed by atoms with Gasteiger partial charge in [-0.15, -0.1) is 0 Å². The summed E-state index contributed by atoms with van der Waals surface area (Å²) in [7, 11) is 0. The van der Waals surface area contributed by atoms with E-state index in [1.54, 1.807) is 33.8 Å². The van der Waals surface area contributed by atoms with E-state index in [1.807, 2.05) is 32.2 Å². The van der Waals surface area contributed by atoms with Crippen LogP contribution in [0.3, 0.4) is 0 Å². The van der Waals surface area contributed by atoms with Gasteiger partial charge in [0.15, 0.2) is 5.76 Å². The van der Waals surface area contributed by atoms with E-state index in [1.165, 1.54) is 12.1 Å². The van der Waals surface area contributed by atoms with Crippen molar-refractivity contribution in [3.05, 3.63) is 89.1 Å². The number of amides is 1. The molecule has 1 N–H and O–H groups in total. The largest absolute Gasteiger partial charge is 0.454 e. The van der Waals surface area contributed by atoms with Gasteiger partial charge in [-0.25, -0.2) is 4.39 Å². The minimum absolute atomic E-state index is 0.212. The van der Waals surface area contributed by atoms with Crippen molar-refractivity contribution in [2.75, 3.05) is 5.32 Å². The molecule has 0 spiro atoms. The lowest BCUT2D eigenvalue weighted by molar-refractivity contribution is 0.0994. The number of hydrogen-bond acceptors (Lipinski definition) is 4. The summed E-state index contributed by atoms with van der Waals surface area (Å²) in [5.74, 6) is 0.201. The number of anilines is 1. The zero-order chi connectivity index (χ0) is 20.4. The molecule has 0 unspecified atom stereocenters. The van der Waals surface area contributed by atoms with Gasteiger partial charge in [-0.3, -0.25) is 14.2 Å². The summed E-state index contributed by atoms with van der Waals surface area (Å²) < 4.78 is 22.5. The number of aromatic nitrogens is 4. The summed E-state index contributed by atoms with van der Waals surface area (Å²) in [6.07, 6.45) is 3.51. The highest BCUT2D eigenvalue weighted by Gasteiger charge is 2.18. The van der Waals surface area contributed by atoms with Crippen molar-refractivity contribution in [3.8, 4) is 0 Å². The molecule has 0 aliphatic carbocycles. The van der Waals surface area contributed by atoms with Crippen LogP contribution in [0.25, 0.3) is 0 Å². The highest BCUT2D eigenvalue weighted by Crippen LogP contribution is 2.22. The molecule has 0 atom stereocenters. The van der Waals surface area contributed by atoms with Crippen molar-refractivity contribution >= 4 is 11.6 Å². The summed E-state index contributed by atoms with van der Waals surface area (Å²) in [6.45, 7) is 4.54. The maximum Gasteiger partial charge on any atom is 0.291 e. The van der Waals surface area contributed by atoms with Gasteiger partial charge >= 0.3 is 0 Å². The number of aryl methyl sites for hydroxylation is 1. The maximum atomic E-state index is 13.4. The van der Waals surface area contributed by atoms with Crippen LogP contribution >= 0.6 is 0 Å². The average molecular weight is 393 g/mol. The van der Waals surface area contributed by atoms with E-state index in [9.17, 15) is 9.18 Å². The number of nitrogens with zero attached hydrogens (tertiary/aromatic N) is 4. The molecule has 3 heterocycles. The van der Waals surface area contributed by atoms with Gasteiger partial charge in [-0.05, 0) is 49.7 Å². The molecule has 0 saturated heterocycles. The second-order valence-corrected chi connectivity index (χ2v) is 6.76. The maximum absolute atomic E-state index is 13.4. The molecule has 1 aromatic carbocycles. The Morgan fingerprint density at radius 1 is 1.17 bits per heavy atom. The van der Waals surface area contributed by atoms with Gasteiger partial charge in [0.25, 0.3) is 5.91 Å². The van der Waals surface area contributed by atoms with Gasteiger partial charge < -0.3 is 9.73 Å². The van der Waals surface area contributed by atoms with Crippen molar-refractivity contribution in [2.24, 2.45) is 0 Å². The fraction of sp³-hybridized carbons (Fsp3) is 0.190. The molecule has 1 amide bonds. The number of carbonyl (C=O) groups is 1. The second kappa shape index (κ2) is 7.75. The Balaban J connectivity index is 1.48. The van der Waals surface area contributed by atoms with Gasteiger partial charge in [0.05, 0.1) is 30.2 Å². The number of hydrogen-bond donors (Lipinski definition) is 1. The van der Waals surface area contributed by atoms with Crippen LogP contribution in [-0.4, -0.2) is 25.5 Å². The first-order valence-corrected chi connectivity index (χ1v) is 9.15. The molecule has 4 aromatic rings. The molecule has 29 heavy (non-hydrogen) atoms. The van der Waals surface area contributed by atoms with Crippen LogP contribution < -0.4 is 5.32 Å². The van der Waals surface area contributed by atoms with Crippen LogP contribution in [0, 0.1) is 19.7 Å². The lowest BCUT2D eigenvalue weighted by Crippen LogP contribution is -2.12. The fourth-order valence-electron chi connectivity index (χ4n) is 3.15. The summed E-state index contributed by atoms with van der Waals surface area (Å²) in [5.41, 5.74) is 2.87. The third-order valence-electron chi connectivity index (χ3n) is 4.60. The average Bonchev–Trinajstić information content (AvgIpc) is 3.41. The normalized spacial score (nSPS) is 11.0. The first-order valence-electron chi connectivity index (χ1n) is 9.15. The minimum Gasteiger partial charge on any atom is -0.454 e. The molecule has 0 aliphatic heterocycles. The summed E-state index contributed by atoms with van der Waals surface area (Å²) in [5, 5.41) is 11.5. The number of rotatable bonds is 6. The number of halogens is 1. The molecule has 148 valence electrons. The Labute approximate surface area is 166 Å². The number of nitrogens with one attached hydrogen (secondary N) is 1. The van der Waals surface area contributed by atoms with E-state index in [0.717, 1.165) is 11.3 Å². The first-order chi connectivity index (χ1) is 14.0. The quantitative estimate of drug-likeness (QED) is 0.541. The Bertz CT molecular complexity index is 1140. The van der Waals surface area contributed by atoms with Crippen LogP contribution in [0.15, 0.2) is 59.3 Å². The SMILES string of the molecule is Cc1nn(Cc2cccc(F)c2)c(C)c1NC(=O)c1ccc(Cn2cccn2)o1. The van der Waals surface area contributed by atoms with E-state index in [2.05, 4.69) is 15.5 Å². The van der Waals surface area contributed by atoms with Crippen molar-refractivity contribution in [3.63, 3.8) is 0 Å². The molecule has 0 bridgehead atoms. The van der Waals surface area contributed by atoms with Crippen molar-refractivity contribution in [1.29, 1.82) is 0 Å². The van der Waals surface area contributed by atoms with Crippen LogP contribution in [0.2, 0.25) is 0 Å². The molecule has 0 radical (unpaired) electrons. The third kappa shape index (κ3) is 4.11. The van der Waals surface area contributed by atoms with Crippen molar-refractivity contribution in [1.82, 2.24) is 19.6 Å². The monoisotopic (exact) mass is 393 g/mol. The zero-order valence-corrected chi connectivity index (χ0v) is 16.1. The van der Waals surface area contributed by atoms with Crippen molar-refractivity contribution in [2.45, 2.75) is 26.9 Å². The second-order valence-electron chi connectivity index (χ2n) is 6.76. The predicted octanol–water partition coefficient (Wildman–Crippen LogP) is 3.78. The van der Waals surface area contributed by atoms with E-state index in [0.29, 0.717) is 30.2 Å². The smallest absolute Gasteiger partial charge is 0.291 e. The minimum atomic E-state index is -0.353. The molecule has 0 fully saturated rings. The molecule has 0 aliphatic rings. The van der Waals surface area contributed by atoms with Crippen LogP contribution in [0.4, 0.5) is 10.1 Å². The molecular weight excluding hydrogens is 373 g/mol. The van der Waals surface area contributed by atoms with Gasteiger partial charge in [-0.1, -0.05) is 12.1 Å². The molecule has 7 nitrogen and oxygen atoms in total. The molecule has 3 aromatic heterocycles. The Morgan fingerprint density at radius 3 is 2.79 bits per heavy atom. The van der Waals surface area contributed by atoms with Gasteiger partial charge in [0.1, 0.15) is 11.6 Å². The van der Waals surface area contributed by atoms with E-state index < -0.39 is 0 Å². The number of furan rings is 1. The fourth-order valence-corrected chi connectivity index (χ4v) is 3.15. The summed E-state index contributed by atoms with van der Waals surface area (Å²) in [6, 6.07) is 11.6. The predicted molar refractivity (Wildman–Crippen MR) is 105 cm³/mol. The number of carbonyl (C=O) groups excluding carboxylic acids is 1. The molecule has 0 saturated carbocycles. The molecule has 8 heteroatoms. The van der Waals surface area contributed by atoms with E-state index >= 15 is 0 Å². The van der Waals surface area contributed by atoms with Crippen LogP contribution in [0.1, 0.15) is 33.3 Å². The third-order valence-corrected chi connectivity index (χ3v) is 4.60. The summed E-state index contributed by atoms with van der Waals surface area (Å²) in [4.78, 5) is 12.6. The highest BCUT2D eigenvalue weighted by molar-refractivity contribution is 6.02. The Hall–Kier alpha value is -3.68.